The van der Waals surface area contributed by atoms with Crippen LogP contribution in [0, 0.1) is 29.1 Å². The first-order valence-corrected chi connectivity index (χ1v) is 12.3. The second kappa shape index (κ2) is 6.84. The van der Waals surface area contributed by atoms with E-state index < -0.39 is 10.0 Å². The fraction of sp³-hybridized carbons (Fsp3) is 0.682. The van der Waals surface area contributed by atoms with Crippen LogP contribution in [0.1, 0.15) is 61.7 Å². The third kappa shape index (κ3) is 3.73. The van der Waals surface area contributed by atoms with Gasteiger partial charge in [-0.25, -0.2) is 13.1 Å². The Bertz CT molecular complexity index is 840. The number of sulfonamides is 1. The maximum Gasteiger partial charge on any atom is 0.251 e. The van der Waals surface area contributed by atoms with Crippen LogP contribution in [0.3, 0.4) is 0 Å². The van der Waals surface area contributed by atoms with E-state index in [9.17, 15) is 13.2 Å². The normalized spacial score (nSPS) is 33.8. The molecule has 1 aromatic carbocycles. The Balaban J connectivity index is 1.24. The number of rotatable bonds is 7. The number of hydrogen-bond donors (Lipinski definition) is 2. The van der Waals surface area contributed by atoms with Crippen molar-refractivity contribution >= 4 is 15.9 Å². The summed E-state index contributed by atoms with van der Waals surface area (Å²) in [5.74, 6) is 2.88. The molecule has 0 atom stereocenters. The van der Waals surface area contributed by atoms with Gasteiger partial charge >= 0.3 is 0 Å². The Morgan fingerprint density at radius 2 is 1.68 bits per heavy atom. The Morgan fingerprint density at radius 1 is 1.04 bits per heavy atom. The number of carbonyl (C=O) groups excluding carboxylic acids is 1. The zero-order chi connectivity index (χ0) is 19.4. The van der Waals surface area contributed by atoms with Crippen molar-refractivity contribution in [3.8, 4) is 0 Å². The third-order valence-electron chi connectivity index (χ3n) is 7.45. The maximum absolute atomic E-state index is 12.8. The van der Waals surface area contributed by atoms with E-state index >= 15 is 0 Å². The minimum atomic E-state index is -3.55. The Kier molecular flexibility index (Phi) is 4.55. The lowest BCUT2D eigenvalue weighted by molar-refractivity contribution is -0.0503. The predicted octanol–water partition coefficient (Wildman–Crippen LogP) is 3.32. The van der Waals surface area contributed by atoms with Crippen LogP contribution in [0.25, 0.3) is 0 Å². The Hall–Kier alpha value is -1.40. The van der Waals surface area contributed by atoms with Gasteiger partial charge in [-0.3, -0.25) is 4.79 Å². The second-order valence-corrected chi connectivity index (χ2v) is 11.7. The summed E-state index contributed by atoms with van der Waals surface area (Å²) in [4.78, 5) is 12.9. The monoisotopic (exact) mass is 402 g/mol. The molecule has 5 aliphatic carbocycles. The van der Waals surface area contributed by atoms with Crippen LogP contribution < -0.4 is 10.0 Å². The number of nitrogens with one attached hydrogen (secondary N) is 2. The topological polar surface area (TPSA) is 75.3 Å². The van der Waals surface area contributed by atoms with Gasteiger partial charge in [-0.1, -0.05) is 6.07 Å². The summed E-state index contributed by atoms with van der Waals surface area (Å²) in [5, 5.41) is 3.14. The van der Waals surface area contributed by atoms with Gasteiger partial charge in [0, 0.05) is 18.7 Å². The van der Waals surface area contributed by atoms with Gasteiger partial charge in [0.1, 0.15) is 0 Å². The average Bonchev–Trinajstić information content (AvgIpc) is 3.48. The average molecular weight is 403 g/mol. The van der Waals surface area contributed by atoms with Crippen LogP contribution in [0.4, 0.5) is 0 Å². The second-order valence-electron chi connectivity index (χ2n) is 9.92. The van der Waals surface area contributed by atoms with Crippen molar-refractivity contribution in [2.45, 2.75) is 56.3 Å². The summed E-state index contributed by atoms with van der Waals surface area (Å²) >= 11 is 0. The molecule has 0 saturated heterocycles. The highest BCUT2D eigenvalue weighted by molar-refractivity contribution is 7.89. The van der Waals surface area contributed by atoms with Gasteiger partial charge in [-0.2, -0.15) is 0 Å². The van der Waals surface area contributed by atoms with Crippen LogP contribution in [-0.2, 0) is 10.0 Å². The Morgan fingerprint density at radius 3 is 2.29 bits per heavy atom. The summed E-state index contributed by atoms with van der Waals surface area (Å²) < 4.78 is 27.6. The maximum atomic E-state index is 12.8. The molecule has 0 aliphatic heterocycles. The largest absolute Gasteiger partial charge is 0.351 e. The molecule has 152 valence electrons. The van der Waals surface area contributed by atoms with Crippen LogP contribution in [0.2, 0.25) is 0 Å². The first kappa shape index (κ1) is 18.6. The van der Waals surface area contributed by atoms with E-state index in [0.717, 1.165) is 37.1 Å². The van der Waals surface area contributed by atoms with E-state index in [1.807, 2.05) is 0 Å². The van der Waals surface area contributed by atoms with Crippen molar-refractivity contribution in [3.05, 3.63) is 29.8 Å². The van der Waals surface area contributed by atoms with Crippen LogP contribution in [-0.4, -0.2) is 27.4 Å². The molecule has 5 aliphatic rings. The molecule has 6 heteroatoms. The molecule has 4 bridgehead atoms. The summed E-state index contributed by atoms with van der Waals surface area (Å²) in [6.45, 7) is 1.22. The number of amides is 1. The van der Waals surface area contributed by atoms with E-state index in [1.54, 1.807) is 18.2 Å². The first-order valence-electron chi connectivity index (χ1n) is 10.8. The molecule has 0 radical (unpaired) electrons. The summed E-state index contributed by atoms with van der Waals surface area (Å²) in [6, 6.07) is 6.43. The van der Waals surface area contributed by atoms with Crippen LogP contribution in [0.15, 0.2) is 29.2 Å². The van der Waals surface area contributed by atoms with Crippen molar-refractivity contribution in [1.29, 1.82) is 0 Å². The molecule has 0 heterocycles. The van der Waals surface area contributed by atoms with Gasteiger partial charge in [-0.05, 0) is 98.7 Å². The summed E-state index contributed by atoms with van der Waals surface area (Å²) in [6.07, 6.45) is 10.1. The van der Waals surface area contributed by atoms with Gasteiger partial charge in [0.2, 0.25) is 10.0 Å². The zero-order valence-electron chi connectivity index (χ0n) is 16.3. The molecule has 1 aromatic rings. The standard InChI is InChI=1S/C22H30N2O3S/c25-21(23-14-22-10-16-6-17(11-22)8-18(7-16)12-22)19-2-1-3-20(9-19)28(26,27)24-13-15-4-5-15/h1-3,9,15-18,24H,4-8,10-14H2,(H,23,25). The fourth-order valence-electron chi connectivity index (χ4n) is 6.31. The van der Waals surface area contributed by atoms with Gasteiger partial charge in [-0.15, -0.1) is 0 Å². The number of carbonyl (C=O) groups is 1. The van der Waals surface area contributed by atoms with Crippen molar-refractivity contribution in [2.24, 2.45) is 29.1 Å². The molecule has 5 fully saturated rings. The molecular weight excluding hydrogens is 372 g/mol. The van der Waals surface area contributed by atoms with Crippen molar-refractivity contribution < 1.29 is 13.2 Å². The quantitative estimate of drug-likeness (QED) is 0.735. The SMILES string of the molecule is O=C(NCC12CC3CC(CC(C3)C1)C2)c1cccc(S(=O)(=O)NCC2CC2)c1. The predicted molar refractivity (Wildman–Crippen MR) is 107 cm³/mol. The van der Waals surface area contributed by atoms with E-state index in [-0.39, 0.29) is 16.2 Å². The molecule has 5 nitrogen and oxygen atoms in total. The lowest BCUT2D eigenvalue weighted by Crippen LogP contribution is -2.51. The Labute approximate surface area is 167 Å². The van der Waals surface area contributed by atoms with Crippen molar-refractivity contribution in [1.82, 2.24) is 10.0 Å². The lowest BCUT2D eigenvalue weighted by atomic mass is 9.49. The highest BCUT2D eigenvalue weighted by Gasteiger charge is 2.50. The van der Waals surface area contributed by atoms with Crippen molar-refractivity contribution in [3.63, 3.8) is 0 Å². The smallest absolute Gasteiger partial charge is 0.251 e. The first-order chi connectivity index (χ1) is 13.4. The summed E-state index contributed by atoms with van der Waals surface area (Å²) in [5.41, 5.74) is 0.707. The molecule has 0 aromatic heterocycles. The lowest BCUT2D eigenvalue weighted by Gasteiger charge is -2.56. The fourth-order valence-corrected chi connectivity index (χ4v) is 7.48. The van der Waals surface area contributed by atoms with E-state index in [4.69, 9.17) is 0 Å². The highest BCUT2D eigenvalue weighted by atomic mass is 32.2. The highest BCUT2D eigenvalue weighted by Crippen LogP contribution is 2.59. The minimum absolute atomic E-state index is 0.157. The van der Waals surface area contributed by atoms with Crippen molar-refractivity contribution in [2.75, 3.05) is 13.1 Å². The zero-order valence-corrected chi connectivity index (χ0v) is 17.1. The molecule has 28 heavy (non-hydrogen) atoms. The molecule has 1 amide bonds. The van der Waals surface area contributed by atoms with Crippen LogP contribution in [0.5, 0.6) is 0 Å². The molecule has 2 N–H and O–H groups in total. The molecule has 5 saturated carbocycles. The van der Waals surface area contributed by atoms with E-state index in [0.29, 0.717) is 18.0 Å². The minimum Gasteiger partial charge on any atom is -0.351 e. The van der Waals surface area contributed by atoms with Gasteiger partial charge in [0.25, 0.3) is 5.91 Å². The molecular formula is C22H30N2O3S. The van der Waals surface area contributed by atoms with Gasteiger partial charge < -0.3 is 5.32 Å². The van der Waals surface area contributed by atoms with Gasteiger partial charge in [0.15, 0.2) is 0 Å². The molecule has 6 rings (SSSR count). The third-order valence-corrected chi connectivity index (χ3v) is 8.88. The van der Waals surface area contributed by atoms with E-state index in [1.165, 1.54) is 44.6 Å². The summed E-state index contributed by atoms with van der Waals surface area (Å²) in [7, 11) is -3.55. The number of benzene rings is 1. The van der Waals surface area contributed by atoms with Gasteiger partial charge in [0.05, 0.1) is 4.90 Å². The molecule has 0 spiro atoms. The molecule has 0 unspecified atom stereocenters. The number of hydrogen-bond acceptors (Lipinski definition) is 3. The van der Waals surface area contributed by atoms with Crippen LogP contribution >= 0.6 is 0 Å². The van der Waals surface area contributed by atoms with E-state index in [2.05, 4.69) is 10.0 Å².